The molecule has 0 heterocycles. The van der Waals surface area contributed by atoms with Crippen LogP contribution in [0, 0.1) is 0 Å². The number of hydrogen-bond donors (Lipinski definition) is 2. The number of aromatic hydroxyl groups is 1. The Labute approximate surface area is 155 Å². The van der Waals surface area contributed by atoms with E-state index in [1.165, 1.54) is 76.2 Å². The molecule has 2 N–H and O–H groups in total. The number of aryl methyl sites for hydroxylation is 2. The SMILES string of the molecule is CCCCCCCc1ccc(O)c(CCCCCCCCCCO)c1. The Morgan fingerprint density at radius 2 is 1.24 bits per heavy atom. The molecule has 0 fully saturated rings. The summed E-state index contributed by atoms with van der Waals surface area (Å²) < 4.78 is 0. The van der Waals surface area contributed by atoms with Crippen molar-refractivity contribution in [3.63, 3.8) is 0 Å². The van der Waals surface area contributed by atoms with Gasteiger partial charge in [0.1, 0.15) is 5.75 Å². The molecule has 0 atom stereocenters. The van der Waals surface area contributed by atoms with Crippen LogP contribution in [-0.2, 0) is 12.8 Å². The van der Waals surface area contributed by atoms with Gasteiger partial charge in [0.25, 0.3) is 0 Å². The molecule has 0 bridgehead atoms. The van der Waals surface area contributed by atoms with E-state index in [4.69, 9.17) is 5.11 Å². The lowest BCUT2D eigenvalue weighted by molar-refractivity contribution is 0.282. The van der Waals surface area contributed by atoms with Crippen molar-refractivity contribution in [3.8, 4) is 5.75 Å². The fraction of sp³-hybridized carbons (Fsp3) is 0.739. The van der Waals surface area contributed by atoms with Crippen molar-refractivity contribution >= 4 is 0 Å². The monoisotopic (exact) mass is 348 g/mol. The third-order valence-electron chi connectivity index (χ3n) is 5.07. The topological polar surface area (TPSA) is 40.5 Å². The van der Waals surface area contributed by atoms with Crippen molar-refractivity contribution in [1.29, 1.82) is 0 Å². The van der Waals surface area contributed by atoms with Gasteiger partial charge in [-0.05, 0) is 49.3 Å². The Kier molecular flexibility index (Phi) is 13.4. The van der Waals surface area contributed by atoms with Crippen LogP contribution in [0.4, 0.5) is 0 Å². The number of hydrogen-bond acceptors (Lipinski definition) is 2. The zero-order valence-electron chi connectivity index (χ0n) is 16.4. The van der Waals surface area contributed by atoms with Gasteiger partial charge in [-0.1, -0.05) is 83.3 Å². The minimum atomic E-state index is 0.335. The molecule has 2 heteroatoms. The van der Waals surface area contributed by atoms with Gasteiger partial charge in [-0.3, -0.25) is 0 Å². The van der Waals surface area contributed by atoms with Crippen LogP contribution in [0.25, 0.3) is 0 Å². The summed E-state index contributed by atoms with van der Waals surface area (Å²) in [7, 11) is 0. The average molecular weight is 349 g/mol. The molecule has 1 aromatic rings. The molecular formula is C23H40O2. The summed E-state index contributed by atoms with van der Waals surface area (Å²) in [6, 6.07) is 6.20. The third-order valence-corrected chi connectivity index (χ3v) is 5.07. The van der Waals surface area contributed by atoms with Crippen molar-refractivity contribution in [3.05, 3.63) is 29.3 Å². The lowest BCUT2D eigenvalue weighted by Gasteiger charge is -2.08. The van der Waals surface area contributed by atoms with E-state index in [0.717, 1.165) is 31.2 Å². The van der Waals surface area contributed by atoms with E-state index in [1.54, 1.807) is 0 Å². The number of aliphatic hydroxyl groups excluding tert-OH is 1. The lowest BCUT2D eigenvalue weighted by atomic mass is 9.99. The highest BCUT2D eigenvalue weighted by Gasteiger charge is 2.03. The van der Waals surface area contributed by atoms with Crippen LogP contribution in [0.5, 0.6) is 5.75 Å². The molecule has 0 amide bonds. The van der Waals surface area contributed by atoms with Crippen LogP contribution in [0.2, 0.25) is 0 Å². The minimum absolute atomic E-state index is 0.335. The van der Waals surface area contributed by atoms with Crippen molar-refractivity contribution in [2.45, 2.75) is 103 Å². The second-order valence-corrected chi connectivity index (χ2v) is 7.43. The number of aliphatic hydroxyl groups is 1. The normalized spacial score (nSPS) is 11.1. The second kappa shape index (κ2) is 15.3. The summed E-state index contributed by atoms with van der Waals surface area (Å²) in [6.45, 7) is 2.59. The van der Waals surface area contributed by atoms with E-state index >= 15 is 0 Å². The molecular weight excluding hydrogens is 308 g/mol. The molecule has 144 valence electrons. The quantitative estimate of drug-likeness (QED) is 0.332. The smallest absolute Gasteiger partial charge is 0.118 e. The Hall–Kier alpha value is -1.02. The van der Waals surface area contributed by atoms with Crippen LogP contribution < -0.4 is 0 Å². The summed E-state index contributed by atoms with van der Waals surface area (Å²) >= 11 is 0. The minimum Gasteiger partial charge on any atom is -0.508 e. The van der Waals surface area contributed by atoms with E-state index in [2.05, 4.69) is 19.1 Å². The molecule has 0 aromatic heterocycles. The van der Waals surface area contributed by atoms with E-state index in [0.29, 0.717) is 12.4 Å². The van der Waals surface area contributed by atoms with Crippen molar-refractivity contribution in [2.24, 2.45) is 0 Å². The van der Waals surface area contributed by atoms with Crippen LogP contribution >= 0.6 is 0 Å². The summed E-state index contributed by atoms with van der Waals surface area (Å²) in [5, 5.41) is 18.8. The molecule has 0 aliphatic heterocycles. The van der Waals surface area contributed by atoms with Crippen molar-refractivity contribution in [2.75, 3.05) is 6.61 Å². The Balaban J connectivity index is 2.16. The molecule has 0 saturated heterocycles. The molecule has 0 radical (unpaired) electrons. The predicted octanol–water partition coefficient (Wildman–Crippen LogP) is 6.56. The first-order chi connectivity index (χ1) is 12.3. The van der Waals surface area contributed by atoms with Crippen LogP contribution in [-0.4, -0.2) is 16.8 Å². The molecule has 0 aliphatic rings. The maximum atomic E-state index is 10.1. The van der Waals surface area contributed by atoms with Gasteiger partial charge in [-0.25, -0.2) is 0 Å². The highest BCUT2D eigenvalue weighted by Crippen LogP contribution is 2.22. The lowest BCUT2D eigenvalue weighted by Crippen LogP contribution is -1.92. The maximum absolute atomic E-state index is 10.1. The highest BCUT2D eigenvalue weighted by molar-refractivity contribution is 5.36. The Morgan fingerprint density at radius 1 is 0.680 bits per heavy atom. The third kappa shape index (κ3) is 11.3. The van der Waals surface area contributed by atoms with Gasteiger partial charge in [-0.15, -0.1) is 0 Å². The van der Waals surface area contributed by atoms with Gasteiger partial charge in [0.15, 0.2) is 0 Å². The van der Waals surface area contributed by atoms with E-state index in [-0.39, 0.29) is 0 Å². The fourth-order valence-electron chi connectivity index (χ4n) is 3.42. The molecule has 2 nitrogen and oxygen atoms in total. The zero-order chi connectivity index (χ0) is 18.2. The van der Waals surface area contributed by atoms with Gasteiger partial charge in [-0.2, -0.15) is 0 Å². The molecule has 0 spiro atoms. The molecule has 0 saturated carbocycles. The van der Waals surface area contributed by atoms with Gasteiger partial charge in [0.05, 0.1) is 0 Å². The van der Waals surface area contributed by atoms with Gasteiger partial charge in [0.2, 0.25) is 0 Å². The van der Waals surface area contributed by atoms with Gasteiger partial charge < -0.3 is 10.2 Å². The van der Waals surface area contributed by atoms with Crippen LogP contribution in [0.1, 0.15) is 102 Å². The summed E-state index contributed by atoms with van der Waals surface area (Å²) in [5.41, 5.74) is 2.52. The van der Waals surface area contributed by atoms with Crippen LogP contribution in [0.15, 0.2) is 18.2 Å². The molecule has 1 rings (SSSR count). The summed E-state index contributed by atoms with van der Waals surface area (Å²) in [4.78, 5) is 0. The van der Waals surface area contributed by atoms with Gasteiger partial charge in [0, 0.05) is 6.61 Å². The van der Waals surface area contributed by atoms with E-state index in [1.807, 2.05) is 6.07 Å². The predicted molar refractivity (Wildman–Crippen MR) is 108 cm³/mol. The Bertz CT molecular complexity index is 428. The van der Waals surface area contributed by atoms with Crippen molar-refractivity contribution in [1.82, 2.24) is 0 Å². The van der Waals surface area contributed by atoms with E-state index < -0.39 is 0 Å². The highest BCUT2D eigenvalue weighted by atomic mass is 16.3. The molecule has 1 aromatic carbocycles. The number of rotatable bonds is 16. The summed E-state index contributed by atoms with van der Waals surface area (Å²) in [6.07, 6.45) is 18.4. The maximum Gasteiger partial charge on any atom is 0.118 e. The van der Waals surface area contributed by atoms with Crippen LogP contribution in [0.3, 0.4) is 0 Å². The standard InChI is InChI=1S/C23H40O2/c1-2-3-4-9-12-15-21-17-18-23(25)22(20-21)16-13-10-7-5-6-8-11-14-19-24/h17-18,20,24-25H,2-16,19H2,1H3. The molecule has 0 unspecified atom stereocenters. The Morgan fingerprint density at radius 3 is 1.88 bits per heavy atom. The first-order valence-corrected chi connectivity index (χ1v) is 10.7. The largest absolute Gasteiger partial charge is 0.508 e. The average Bonchev–Trinajstić information content (AvgIpc) is 2.62. The molecule has 0 aliphatic carbocycles. The fourth-order valence-corrected chi connectivity index (χ4v) is 3.42. The molecule has 25 heavy (non-hydrogen) atoms. The zero-order valence-corrected chi connectivity index (χ0v) is 16.4. The first kappa shape index (κ1) is 22.0. The van der Waals surface area contributed by atoms with Gasteiger partial charge >= 0.3 is 0 Å². The van der Waals surface area contributed by atoms with E-state index in [9.17, 15) is 5.11 Å². The second-order valence-electron chi connectivity index (χ2n) is 7.43. The number of benzene rings is 1. The number of phenolic OH excluding ortho intramolecular Hbond substituents is 1. The van der Waals surface area contributed by atoms with Crippen molar-refractivity contribution < 1.29 is 10.2 Å². The summed E-state index contributed by atoms with van der Waals surface area (Å²) in [5.74, 6) is 0.471. The first-order valence-electron chi connectivity index (χ1n) is 10.7. The number of unbranched alkanes of at least 4 members (excludes halogenated alkanes) is 11. The number of phenols is 1.